The molecule has 4 nitrogen and oxygen atoms in total. The van der Waals surface area contributed by atoms with E-state index >= 15 is 0 Å². The minimum atomic E-state index is 0.0399. The first-order chi connectivity index (χ1) is 12.2. The Morgan fingerprint density at radius 2 is 1.84 bits per heavy atom. The molecule has 1 aromatic heterocycles. The first-order valence-corrected chi connectivity index (χ1v) is 9.38. The number of likely N-dealkylation sites (tertiary alicyclic amines) is 2. The average molecular weight is 339 g/mol. The third kappa shape index (κ3) is 3.39. The topological polar surface area (TPSA) is 31.6 Å². The number of aliphatic hydroxyl groups is 1. The lowest BCUT2D eigenvalue weighted by Crippen LogP contribution is -2.50. The van der Waals surface area contributed by atoms with Gasteiger partial charge in [-0.25, -0.2) is 0 Å². The summed E-state index contributed by atoms with van der Waals surface area (Å²) >= 11 is 0. The smallest absolute Gasteiger partial charge is 0.0515 e. The molecule has 1 N–H and O–H groups in total. The lowest BCUT2D eigenvalue weighted by Gasteiger charge is -2.43. The third-order valence-corrected chi connectivity index (χ3v) is 6.22. The van der Waals surface area contributed by atoms with E-state index in [1.165, 1.54) is 17.7 Å². The molecule has 134 valence electrons. The van der Waals surface area contributed by atoms with Crippen LogP contribution in [0.2, 0.25) is 0 Å². The Balaban J connectivity index is 1.44. The summed E-state index contributed by atoms with van der Waals surface area (Å²) < 4.78 is 2.20. The van der Waals surface area contributed by atoms with Gasteiger partial charge in [0.1, 0.15) is 0 Å². The molecule has 2 atom stereocenters. The minimum absolute atomic E-state index is 0.0399. The van der Waals surface area contributed by atoms with Gasteiger partial charge in [-0.15, -0.1) is 0 Å². The van der Waals surface area contributed by atoms with Crippen molar-refractivity contribution in [1.29, 1.82) is 0 Å². The van der Waals surface area contributed by atoms with Crippen molar-refractivity contribution in [2.24, 2.45) is 18.4 Å². The molecule has 4 rings (SSSR count). The highest BCUT2D eigenvalue weighted by molar-refractivity contribution is 5.15. The van der Waals surface area contributed by atoms with Gasteiger partial charge >= 0.3 is 0 Å². The molecule has 1 aromatic carbocycles. The highest BCUT2D eigenvalue weighted by atomic mass is 16.3. The summed E-state index contributed by atoms with van der Waals surface area (Å²) in [6.45, 7) is 6.54. The monoisotopic (exact) mass is 339 g/mol. The zero-order chi connectivity index (χ0) is 17.3. The number of aryl methyl sites for hydroxylation is 1. The van der Waals surface area contributed by atoms with Crippen LogP contribution in [0.15, 0.2) is 48.7 Å². The summed E-state index contributed by atoms with van der Waals surface area (Å²) in [6, 6.07) is 15.0. The Morgan fingerprint density at radius 3 is 2.56 bits per heavy atom. The number of benzene rings is 1. The van der Waals surface area contributed by atoms with Crippen LogP contribution in [0.4, 0.5) is 0 Å². The lowest BCUT2D eigenvalue weighted by atomic mass is 9.74. The second-order valence-electron chi connectivity index (χ2n) is 7.98. The van der Waals surface area contributed by atoms with Gasteiger partial charge in [-0.3, -0.25) is 9.80 Å². The molecule has 2 fully saturated rings. The van der Waals surface area contributed by atoms with Crippen molar-refractivity contribution in [1.82, 2.24) is 14.4 Å². The van der Waals surface area contributed by atoms with Crippen LogP contribution in [0.1, 0.15) is 17.7 Å². The highest BCUT2D eigenvalue weighted by Crippen LogP contribution is 2.42. The Hall–Kier alpha value is -1.62. The largest absolute Gasteiger partial charge is 0.396 e. The predicted octanol–water partition coefficient (Wildman–Crippen LogP) is 2.34. The summed E-state index contributed by atoms with van der Waals surface area (Å²) in [5.74, 6) is 0.617. The lowest BCUT2D eigenvalue weighted by molar-refractivity contribution is 0.00666. The van der Waals surface area contributed by atoms with E-state index < -0.39 is 0 Å². The number of aliphatic hydroxyl groups excluding tert-OH is 1. The molecule has 2 aliphatic rings. The Bertz CT molecular complexity index is 698. The van der Waals surface area contributed by atoms with Crippen molar-refractivity contribution in [2.75, 3.05) is 32.8 Å². The number of hydrogen-bond acceptors (Lipinski definition) is 3. The van der Waals surface area contributed by atoms with Crippen LogP contribution in [0.25, 0.3) is 0 Å². The first kappa shape index (κ1) is 16.8. The summed E-state index contributed by atoms with van der Waals surface area (Å²) in [5, 5.41) is 10.3. The number of nitrogens with zero attached hydrogens (tertiary/aromatic N) is 3. The van der Waals surface area contributed by atoms with Crippen molar-refractivity contribution in [3.05, 3.63) is 59.9 Å². The Labute approximate surface area is 150 Å². The van der Waals surface area contributed by atoms with E-state index in [0.717, 1.165) is 39.3 Å². The second kappa shape index (κ2) is 6.94. The molecule has 4 heteroatoms. The molecule has 0 saturated carbocycles. The molecule has 3 heterocycles. The summed E-state index contributed by atoms with van der Waals surface area (Å²) in [6.07, 6.45) is 3.30. The van der Waals surface area contributed by atoms with Crippen LogP contribution in [-0.2, 0) is 20.1 Å². The minimum Gasteiger partial charge on any atom is -0.396 e. The predicted molar refractivity (Wildman–Crippen MR) is 100 cm³/mol. The number of hydrogen-bond donors (Lipinski definition) is 1. The van der Waals surface area contributed by atoms with Crippen LogP contribution in [0.3, 0.4) is 0 Å². The Kier molecular flexibility index (Phi) is 4.67. The van der Waals surface area contributed by atoms with E-state index in [1.807, 2.05) is 0 Å². The molecule has 0 radical (unpaired) electrons. The average Bonchev–Trinajstić information content (AvgIpc) is 3.19. The molecule has 2 aliphatic heterocycles. The van der Waals surface area contributed by atoms with Gasteiger partial charge in [0.2, 0.25) is 0 Å². The number of piperidine rings is 1. The van der Waals surface area contributed by atoms with E-state index in [4.69, 9.17) is 0 Å². The molecule has 25 heavy (non-hydrogen) atoms. The van der Waals surface area contributed by atoms with Crippen molar-refractivity contribution in [2.45, 2.75) is 19.5 Å². The fourth-order valence-corrected chi connectivity index (χ4v) is 4.80. The van der Waals surface area contributed by atoms with E-state index in [1.54, 1.807) is 0 Å². The van der Waals surface area contributed by atoms with Gasteiger partial charge in [0.15, 0.2) is 0 Å². The molecule has 0 aliphatic carbocycles. The van der Waals surface area contributed by atoms with Crippen LogP contribution in [0.5, 0.6) is 0 Å². The standard InChI is InChI=1S/C21H29N3O/c1-22-10-5-8-20(22)14-23-11-9-19-13-24(16-21(19,15-23)17-25)12-18-6-3-2-4-7-18/h2-8,10,19,25H,9,11-17H2,1H3/t19-,21+/m0/s1. The molecule has 0 spiro atoms. The van der Waals surface area contributed by atoms with Crippen LogP contribution in [0, 0.1) is 11.3 Å². The molecule has 0 unspecified atom stereocenters. The van der Waals surface area contributed by atoms with Crippen molar-refractivity contribution in [3.8, 4) is 0 Å². The van der Waals surface area contributed by atoms with Gasteiger partial charge in [-0.1, -0.05) is 30.3 Å². The van der Waals surface area contributed by atoms with Gasteiger partial charge in [0, 0.05) is 57.1 Å². The van der Waals surface area contributed by atoms with Crippen molar-refractivity contribution in [3.63, 3.8) is 0 Å². The SMILES string of the molecule is Cn1cccc1CN1CC[C@H]2CN(Cc3ccccc3)C[C@@]2(CO)C1. The molecule has 0 amide bonds. The van der Waals surface area contributed by atoms with E-state index in [9.17, 15) is 5.11 Å². The number of rotatable bonds is 5. The quantitative estimate of drug-likeness (QED) is 0.907. The van der Waals surface area contributed by atoms with Gasteiger partial charge < -0.3 is 9.67 Å². The fraction of sp³-hybridized carbons (Fsp3) is 0.524. The van der Waals surface area contributed by atoms with Gasteiger partial charge in [-0.2, -0.15) is 0 Å². The van der Waals surface area contributed by atoms with E-state index in [2.05, 4.69) is 70.1 Å². The zero-order valence-electron chi connectivity index (χ0n) is 15.1. The maximum atomic E-state index is 10.3. The molecular formula is C21H29N3O. The first-order valence-electron chi connectivity index (χ1n) is 9.38. The fourth-order valence-electron chi connectivity index (χ4n) is 4.80. The second-order valence-corrected chi connectivity index (χ2v) is 7.98. The van der Waals surface area contributed by atoms with Gasteiger partial charge in [-0.05, 0) is 36.6 Å². The van der Waals surface area contributed by atoms with E-state index in [0.29, 0.717) is 12.5 Å². The van der Waals surface area contributed by atoms with Crippen molar-refractivity contribution < 1.29 is 5.11 Å². The molecule has 0 bridgehead atoms. The highest BCUT2D eigenvalue weighted by Gasteiger charge is 2.49. The van der Waals surface area contributed by atoms with Gasteiger partial charge in [0.25, 0.3) is 0 Å². The summed E-state index contributed by atoms with van der Waals surface area (Å²) in [4.78, 5) is 5.08. The van der Waals surface area contributed by atoms with Crippen LogP contribution < -0.4 is 0 Å². The summed E-state index contributed by atoms with van der Waals surface area (Å²) in [5.41, 5.74) is 2.76. The number of aromatic nitrogens is 1. The van der Waals surface area contributed by atoms with Crippen LogP contribution >= 0.6 is 0 Å². The van der Waals surface area contributed by atoms with Crippen molar-refractivity contribution >= 4 is 0 Å². The third-order valence-electron chi connectivity index (χ3n) is 6.22. The maximum absolute atomic E-state index is 10.3. The normalized spacial score (nSPS) is 27.5. The van der Waals surface area contributed by atoms with E-state index in [-0.39, 0.29) is 5.41 Å². The molecule has 2 saturated heterocycles. The molecular weight excluding hydrogens is 310 g/mol. The number of fused-ring (bicyclic) bond motifs is 1. The molecule has 2 aromatic rings. The maximum Gasteiger partial charge on any atom is 0.0515 e. The Morgan fingerprint density at radius 1 is 1.04 bits per heavy atom. The summed E-state index contributed by atoms with van der Waals surface area (Å²) in [7, 11) is 2.11. The van der Waals surface area contributed by atoms with Gasteiger partial charge in [0.05, 0.1) is 6.61 Å². The zero-order valence-corrected chi connectivity index (χ0v) is 15.1. The van der Waals surface area contributed by atoms with Crippen LogP contribution in [-0.4, -0.2) is 52.3 Å².